The lowest BCUT2D eigenvalue weighted by Gasteiger charge is -2.32. The number of aromatic nitrogens is 1. The number of urea groups is 1. The summed E-state index contributed by atoms with van der Waals surface area (Å²) in [7, 11) is 1.72. The van der Waals surface area contributed by atoms with Crippen molar-refractivity contribution in [3.8, 4) is 0 Å². The fraction of sp³-hybridized carbons (Fsp3) is 0.389. The molecular formula is C18H20BrN3O3S2. The van der Waals surface area contributed by atoms with Gasteiger partial charge in [0.2, 0.25) is 0 Å². The maximum atomic E-state index is 13.3. The zero-order valence-corrected chi connectivity index (χ0v) is 18.0. The van der Waals surface area contributed by atoms with Crippen LogP contribution in [0.1, 0.15) is 25.7 Å². The number of anilines is 2. The van der Waals surface area contributed by atoms with Crippen LogP contribution in [0.4, 0.5) is 15.6 Å². The molecule has 1 aromatic heterocycles. The zero-order chi connectivity index (χ0) is 19.4. The van der Waals surface area contributed by atoms with Gasteiger partial charge in [0.05, 0.1) is 16.2 Å². The van der Waals surface area contributed by atoms with Gasteiger partial charge in [-0.1, -0.05) is 40.1 Å². The highest BCUT2D eigenvalue weighted by atomic mass is 79.9. The smallest absolute Gasteiger partial charge is 0.330 e. The van der Waals surface area contributed by atoms with Crippen molar-refractivity contribution >= 4 is 61.8 Å². The predicted octanol–water partition coefficient (Wildman–Crippen LogP) is 5.09. The van der Waals surface area contributed by atoms with Crippen molar-refractivity contribution in [1.29, 1.82) is 0 Å². The lowest BCUT2D eigenvalue weighted by Crippen LogP contribution is -2.46. The largest absolute Gasteiger partial charge is 0.481 e. The molecule has 9 heteroatoms. The summed E-state index contributed by atoms with van der Waals surface area (Å²) in [5.74, 6) is -0.895. The number of amides is 2. The van der Waals surface area contributed by atoms with Gasteiger partial charge in [-0.2, -0.15) is 0 Å². The normalized spacial score (nSPS) is 14.3. The maximum absolute atomic E-state index is 13.3. The molecule has 0 spiro atoms. The highest BCUT2D eigenvalue weighted by Gasteiger charge is 2.31. The Balaban J connectivity index is 1.80. The number of hydrogen-bond donors (Lipinski definition) is 1. The molecule has 2 aromatic rings. The number of carboxylic acids is 1. The van der Waals surface area contributed by atoms with Crippen LogP contribution in [0.3, 0.4) is 0 Å². The van der Waals surface area contributed by atoms with E-state index in [0.717, 1.165) is 40.1 Å². The maximum Gasteiger partial charge on any atom is 0.330 e. The van der Waals surface area contributed by atoms with Crippen LogP contribution in [0.2, 0.25) is 0 Å². The Kier molecular flexibility index (Phi) is 6.78. The van der Waals surface area contributed by atoms with Crippen LogP contribution in [0.5, 0.6) is 0 Å². The number of nitrogens with zero attached hydrogens (tertiary/aromatic N) is 3. The van der Waals surface area contributed by atoms with E-state index in [1.54, 1.807) is 18.1 Å². The first-order valence-electron chi connectivity index (χ1n) is 8.58. The van der Waals surface area contributed by atoms with Crippen LogP contribution in [-0.2, 0) is 4.79 Å². The molecular weight excluding hydrogens is 450 g/mol. The monoisotopic (exact) mass is 469 g/mol. The predicted molar refractivity (Wildman–Crippen MR) is 113 cm³/mol. The second-order valence-electron chi connectivity index (χ2n) is 6.27. The minimum Gasteiger partial charge on any atom is -0.481 e. The molecule has 1 heterocycles. The molecule has 0 unspecified atom stereocenters. The van der Waals surface area contributed by atoms with Gasteiger partial charge in [0.25, 0.3) is 0 Å². The highest BCUT2D eigenvalue weighted by molar-refractivity contribution is 9.10. The van der Waals surface area contributed by atoms with Crippen molar-refractivity contribution in [3.63, 3.8) is 0 Å². The number of carboxylic acid groups (broad SMARTS) is 1. The van der Waals surface area contributed by atoms with E-state index in [-0.39, 0.29) is 17.8 Å². The summed E-state index contributed by atoms with van der Waals surface area (Å²) in [5.41, 5.74) is 0.874. The van der Waals surface area contributed by atoms with E-state index in [2.05, 4.69) is 20.9 Å². The number of thioether (sulfide) groups is 1. The third-order valence-corrected chi connectivity index (χ3v) is 7.17. The third-order valence-electron chi connectivity index (χ3n) is 4.38. The Morgan fingerprint density at radius 3 is 2.59 bits per heavy atom. The van der Waals surface area contributed by atoms with Crippen LogP contribution in [0, 0.1) is 0 Å². The summed E-state index contributed by atoms with van der Waals surface area (Å²) in [4.78, 5) is 31.7. The number of hydrogen-bond acceptors (Lipinski definition) is 5. The molecule has 1 aliphatic rings. The van der Waals surface area contributed by atoms with Crippen LogP contribution in [0.25, 0.3) is 0 Å². The van der Waals surface area contributed by atoms with Crippen LogP contribution < -0.4 is 9.80 Å². The van der Waals surface area contributed by atoms with E-state index < -0.39 is 5.97 Å². The molecule has 0 atom stereocenters. The molecule has 1 saturated carbocycles. The quantitative estimate of drug-likeness (QED) is 0.596. The van der Waals surface area contributed by atoms with Gasteiger partial charge < -0.3 is 5.11 Å². The molecule has 2 amide bonds. The summed E-state index contributed by atoms with van der Waals surface area (Å²) in [6.45, 7) is 0. The molecule has 6 nitrogen and oxygen atoms in total. The van der Waals surface area contributed by atoms with E-state index >= 15 is 0 Å². The Labute approximate surface area is 174 Å². The number of thiazole rings is 1. The van der Waals surface area contributed by atoms with E-state index in [1.165, 1.54) is 23.1 Å². The van der Waals surface area contributed by atoms with Crippen LogP contribution in [0.15, 0.2) is 39.1 Å². The average molecular weight is 470 g/mol. The number of carbonyl (C=O) groups excluding carboxylic acids is 1. The summed E-state index contributed by atoms with van der Waals surface area (Å²) >= 11 is 5.98. The Morgan fingerprint density at radius 2 is 1.96 bits per heavy atom. The van der Waals surface area contributed by atoms with Crippen molar-refractivity contribution in [2.24, 2.45) is 0 Å². The standard InChI is InChI=1S/C18H20BrN3O3S2/c1-21(17-20-10-16(27-17)26-11-15(23)24)18(25)22(13-4-2-3-5-13)14-8-6-12(19)7-9-14/h6-10,13H,2-5,11H2,1H3,(H,23,24). The topological polar surface area (TPSA) is 73.7 Å². The second-order valence-corrected chi connectivity index (χ2v) is 9.47. The molecule has 0 saturated heterocycles. The third kappa shape index (κ3) is 5.03. The summed E-state index contributed by atoms with van der Waals surface area (Å²) in [6.07, 6.45) is 5.86. The molecule has 0 aliphatic heterocycles. The van der Waals surface area contributed by atoms with Crippen molar-refractivity contribution in [3.05, 3.63) is 34.9 Å². The van der Waals surface area contributed by atoms with Gasteiger partial charge in [0, 0.05) is 23.2 Å². The summed E-state index contributed by atoms with van der Waals surface area (Å²) in [5, 5.41) is 9.37. The second kappa shape index (κ2) is 9.07. The van der Waals surface area contributed by atoms with Gasteiger partial charge in [-0.25, -0.2) is 9.78 Å². The van der Waals surface area contributed by atoms with E-state index in [4.69, 9.17) is 5.11 Å². The van der Waals surface area contributed by atoms with Gasteiger partial charge in [-0.3, -0.25) is 14.6 Å². The summed E-state index contributed by atoms with van der Waals surface area (Å²) in [6, 6.07) is 7.84. The molecule has 1 fully saturated rings. The molecule has 144 valence electrons. The first-order valence-corrected chi connectivity index (χ1v) is 11.2. The number of rotatable bonds is 6. The van der Waals surface area contributed by atoms with E-state index in [1.807, 2.05) is 29.2 Å². The highest BCUT2D eigenvalue weighted by Crippen LogP contribution is 2.33. The number of aliphatic carboxylic acids is 1. The molecule has 1 aromatic carbocycles. The zero-order valence-electron chi connectivity index (χ0n) is 14.8. The Bertz CT molecular complexity index is 806. The Morgan fingerprint density at radius 1 is 1.30 bits per heavy atom. The van der Waals surface area contributed by atoms with Gasteiger partial charge in [-0.15, -0.1) is 11.8 Å². The first-order chi connectivity index (χ1) is 13.0. The van der Waals surface area contributed by atoms with Crippen molar-refractivity contribution in [1.82, 2.24) is 4.98 Å². The fourth-order valence-electron chi connectivity index (χ4n) is 3.09. The van der Waals surface area contributed by atoms with Crippen LogP contribution >= 0.6 is 39.0 Å². The minimum atomic E-state index is -0.873. The number of carbonyl (C=O) groups is 2. The minimum absolute atomic E-state index is 0.0214. The molecule has 1 N–H and O–H groups in total. The molecule has 27 heavy (non-hydrogen) atoms. The van der Waals surface area contributed by atoms with Gasteiger partial charge in [0.1, 0.15) is 0 Å². The lowest BCUT2D eigenvalue weighted by molar-refractivity contribution is -0.133. The molecule has 3 rings (SSSR count). The van der Waals surface area contributed by atoms with Crippen molar-refractivity contribution in [2.75, 3.05) is 22.6 Å². The van der Waals surface area contributed by atoms with Gasteiger partial charge in [0.15, 0.2) is 5.13 Å². The van der Waals surface area contributed by atoms with Crippen molar-refractivity contribution < 1.29 is 14.7 Å². The average Bonchev–Trinajstić information content (AvgIpc) is 3.33. The van der Waals surface area contributed by atoms with Gasteiger partial charge >= 0.3 is 12.0 Å². The van der Waals surface area contributed by atoms with E-state index in [0.29, 0.717) is 5.13 Å². The SMILES string of the molecule is CN(C(=O)N(c1ccc(Br)cc1)C1CCCC1)c1ncc(SCC(=O)O)s1. The number of benzene rings is 1. The lowest BCUT2D eigenvalue weighted by atomic mass is 10.2. The van der Waals surface area contributed by atoms with Gasteiger partial charge in [-0.05, 0) is 37.1 Å². The Hall–Kier alpha value is -1.58. The fourth-order valence-corrected chi connectivity index (χ4v) is 4.99. The van der Waals surface area contributed by atoms with E-state index in [9.17, 15) is 9.59 Å². The first kappa shape index (κ1) is 20.2. The molecule has 0 bridgehead atoms. The molecule has 0 radical (unpaired) electrons. The van der Waals surface area contributed by atoms with Crippen molar-refractivity contribution in [2.45, 2.75) is 35.9 Å². The number of halogens is 1. The van der Waals surface area contributed by atoms with Crippen LogP contribution in [-0.4, -0.2) is 40.9 Å². The summed E-state index contributed by atoms with van der Waals surface area (Å²) < 4.78 is 1.75. The molecule has 1 aliphatic carbocycles.